The summed E-state index contributed by atoms with van der Waals surface area (Å²) in [4.78, 5) is 20.9. The lowest BCUT2D eigenvalue weighted by molar-refractivity contribution is -0.555. The number of nitro groups is 2. The van der Waals surface area contributed by atoms with Crippen LogP contribution in [0.3, 0.4) is 0 Å². The van der Waals surface area contributed by atoms with Crippen LogP contribution in [0.5, 0.6) is 0 Å². The van der Waals surface area contributed by atoms with Crippen molar-refractivity contribution < 1.29 is 9.96 Å². The van der Waals surface area contributed by atoms with Gasteiger partial charge in [-0.2, -0.15) is 0 Å². The van der Waals surface area contributed by atoms with Crippen LogP contribution in [0.4, 0.5) is 5.82 Å². The average molecular weight is 214 g/mol. The van der Waals surface area contributed by atoms with Crippen molar-refractivity contribution in [2.75, 3.05) is 0 Å². The van der Waals surface area contributed by atoms with Crippen LogP contribution < -0.4 is 0 Å². The lowest BCUT2D eigenvalue weighted by Gasteiger charge is -1.97. The van der Waals surface area contributed by atoms with Gasteiger partial charge in [0.1, 0.15) is 10.8 Å². The van der Waals surface area contributed by atoms with Gasteiger partial charge >= 0.3 is 5.82 Å². The third kappa shape index (κ3) is 1.78. The highest BCUT2D eigenvalue weighted by Gasteiger charge is 2.28. The molecule has 82 valence electrons. The predicted octanol–water partition coefficient (Wildman–Crippen LogP) is 0.956. The van der Waals surface area contributed by atoms with Gasteiger partial charge in [-0.1, -0.05) is 13.8 Å². The monoisotopic (exact) mass is 214 g/mol. The van der Waals surface area contributed by atoms with E-state index >= 15 is 0 Å². The number of hydrogen-bond donors (Lipinski definition) is 0. The molecule has 15 heavy (non-hydrogen) atoms. The Labute approximate surface area is 84.8 Å². The molecule has 1 aromatic rings. The standard InChI is InChI=1S/C7H10N4O4/c1-3-5-6(4-2)9(11(14)15)8-7(5)10(12)13/h3-4H2,1-2H3. The summed E-state index contributed by atoms with van der Waals surface area (Å²) in [6, 6.07) is 0. The zero-order valence-corrected chi connectivity index (χ0v) is 8.34. The summed E-state index contributed by atoms with van der Waals surface area (Å²) in [5.41, 5.74) is 0.619. The maximum Gasteiger partial charge on any atom is 0.397 e. The summed E-state index contributed by atoms with van der Waals surface area (Å²) >= 11 is 0. The first-order valence-corrected chi connectivity index (χ1v) is 4.42. The molecule has 0 spiro atoms. The SMILES string of the molecule is CCc1c([N+](=O)[O-])nn([N+](=O)[O-])c1CC. The van der Waals surface area contributed by atoms with E-state index in [1.54, 1.807) is 13.8 Å². The molecule has 0 N–H and O–H groups in total. The Morgan fingerprint density at radius 3 is 2.20 bits per heavy atom. The fraction of sp³-hybridized carbons (Fsp3) is 0.571. The molecule has 0 saturated carbocycles. The van der Waals surface area contributed by atoms with Gasteiger partial charge in [0.05, 0.1) is 10.6 Å². The van der Waals surface area contributed by atoms with Gasteiger partial charge in [0.15, 0.2) is 0 Å². The highest BCUT2D eigenvalue weighted by molar-refractivity contribution is 5.36. The molecule has 0 unspecified atom stereocenters. The second-order valence-corrected chi connectivity index (χ2v) is 2.84. The maximum absolute atomic E-state index is 10.6. The van der Waals surface area contributed by atoms with Crippen molar-refractivity contribution in [1.82, 2.24) is 9.89 Å². The number of aromatic nitrogens is 2. The van der Waals surface area contributed by atoms with Crippen LogP contribution in [0.1, 0.15) is 25.1 Å². The third-order valence-corrected chi connectivity index (χ3v) is 2.07. The third-order valence-electron chi connectivity index (χ3n) is 2.07. The lowest BCUT2D eigenvalue weighted by atomic mass is 10.1. The maximum atomic E-state index is 10.6. The van der Waals surface area contributed by atoms with Gasteiger partial charge in [-0.3, -0.25) is 0 Å². The van der Waals surface area contributed by atoms with E-state index in [1.165, 1.54) is 0 Å². The summed E-state index contributed by atoms with van der Waals surface area (Å²) in [7, 11) is 0. The minimum Gasteiger partial charge on any atom is -0.358 e. The largest absolute Gasteiger partial charge is 0.397 e. The molecule has 0 aliphatic carbocycles. The Morgan fingerprint density at radius 1 is 1.27 bits per heavy atom. The Morgan fingerprint density at radius 2 is 1.87 bits per heavy atom. The molecule has 1 aromatic heterocycles. The summed E-state index contributed by atoms with van der Waals surface area (Å²) in [5, 5.41) is 23.8. The first kappa shape index (κ1) is 11.1. The zero-order valence-electron chi connectivity index (χ0n) is 8.34. The van der Waals surface area contributed by atoms with E-state index in [-0.39, 0.29) is 5.69 Å². The topological polar surface area (TPSA) is 104 Å². The van der Waals surface area contributed by atoms with Crippen molar-refractivity contribution in [3.05, 3.63) is 31.5 Å². The van der Waals surface area contributed by atoms with Gasteiger partial charge < -0.3 is 20.2 Å². The first-order valence-electron chi connectivity index (χ1n) is 4.42. The fourth-order valence-corrected chi connectivity index (χ4v) is 1.46. The van der Waals surface area contributed by atoms with Crippen LogP contribution in [0, 0.1) is 20.2 Å². The molecule has 0 atom stereocenters. The molecule has 0 aliphatic heterocycles. The molecule has 1 rings (SSSR count). The van der Waals surface area contributed by atoms with E-state index < -0.39 is 15.8 Å². The van der Waals surface area contributed by atoms with Crippen LogP contribution in [-0.2, 0) is 12.8 Å². The van der Waals surface area contributed by atoms with Crippen molar-refractivity contribution in [1.29, 1.82) is 0 Å². The Balaban J connectivity index is 3.44. The molecule has 0 amide bonds. The van der Waals surface area contributed by atoms with Gasteiger partial charge in [-0.15, -0.1) is 0 Å². The van der Waals surface area contributed by atoms with E-state index in [0.717, 1.165) is 0 Å². The van der Waals surface area contributed by atoms with Crippen LogP contribution in [-0.4, -0.2) is 19.8 Å². The molecule has 1 heterocycles. The summed E-state index contributed by atoms with van der Waals surface area (Å²) < 4.78 is 0. The van der Waals surface area contributed by atoms with E-state index in [2.05, 4.69) is 5.10 Å². The van der Waals surface area contributed by atoms with Crippen LogP contribution in [0.15, 0.2) is 0 Å². The lowest BCUT2D eigenvalue weighted by Crippen LogP contribution is -2.14. The van der Waals surface area contributed by atoms with E-state index in [1.807, 2.05) is 0 Å². The molecule has 8 nitrogen and oxygen atoms in total. The van der Waals surface area contributed by atoms with E-state index in [9.17, 15) is 20.2 Å². The molecule has 8 heteroatoms. The minimum absolute atomic E-state index is 0.286. The van der Waals surface area contributed by atoms with Gasteiger partial charge in [-0.25, -0.2) is 0 Å². The zero-order chi connectivity index (χ0) is 11.6. The molecular formula is C7H10N4O4. The van der Waals surface area contributed by atoms with E-state index in [4.69, 9.17) is 0 Å². The van der Waals surface area contributed by atoms with Crippen molar-refractivity contribution in [3.63, 3.8) is 0 Å². The van der Waals surface area contributed by atoms with E-state index in [0.29, 0.717) is 23.2 Å². The molecular weight excluding hydrogens is 204 g/mol. The molecule has 0 fully saturated rings. The average Bonchev–Trinajstić information content (AvgIpc) is 2.55. The van der Waals surface area contributed by atoms with Crippen LogP contribution >= 0.6 is 0 Å². The second-order valence-electron chi connectivity index (χ2n) is 2.84. The molecule has 0 aliphatic rings. The number of nitrogens with zero attached hydrogens (tertiary/aromatic N) is 4. The molecule has 0 aromatic carbocycles. The number of rotatable bonds is 4. The van der Waals surface area contributed by atoms with Crippen molar-refractivity contribution in [3.8, 4) is 0 Å². The van der Waals surface area contributed by atoms with Gasteiger partial charge in [0, 0.05) is 4.79 Å². The Kier molecular flexibility index (Phi) is 2.98. The molecule has 0 saturated heterocycles. The van der Waals surface area contributed by atoms with Crippen molar-refractivity contribution in [2.24, 2.45) is 0 Å². The fourth-order valence-electron chi connectivity index (χ4n) is 1.46. The van der Waals surface area contributed by atoms with Gasteiger partial charge in [0.25, 0.3) is 0 Å². The molecule has 0 radical (unpaired) electrons. The van der Waals surface area contributed by atoms with Gasteiger partial charge in [0.2, 0.25) is 0 Å². The highest BCUT2D eigenvalue weighted by Crippen LogP contribution is 2.22. The predicted molar refractivity (Wildman–Crippen MR) is 50.0 cm³/mol. The number of hydrogen-bond acceptors (Lipinski definition) is 5. The second kappa shape index (κ2) is 4.03. The first-order chi connectivity index (χ1) is 7.02. The van der Waals surface area contributed by atoms with Crippen molar-refractivity contribution in [2.45, 2.75) is 26.7 Å². The summed E-state index contributed by atoms with van der Waals surface area (Å²) in [5.74, 6) is -0.425. The normalized spacial score (nSPS) is 10.3. The minimum atomic E-state index is -0.759. The molecule has 0 bridgehead atoms. The quantitative estimate of drug-likeness (QED) is 0.548. The Hall–Kier alpha value is -1.99. The smallest absolute Gasteiger partial charge is 0.358 e. The van der Waals surface area contributed by atoms with Crippen molar-refractivity contribution >= 4 is 5.82 Å². The summed E-state index contributed by atoms with van der Waals surface area (Å²) in [6.45, 7) is 3.40. The highest BCUT2D eigenvalue weighted by atomic mass is 16.7. The Bertz CT molecular complexity index is 375. The van der Waals surface area contributed by atoms with Crippen LogP contribution in [0.2, 0.25) is 0 Å². The summed E-state index contributed by atoms with van der Waals surface area (Å²) in [6.07, 6.45) is 0.693. The van der Waals surface area contributed by atoms with Crippen LogP contribution in [0.25, 0.3) is 0 Å². The van der Waals surface area contributed by atoms with Gasteiger partial charge in [-0.05, 0) is 17.8 Å².